The molecular weight excluding hydrogens is 194 g/mol. The van der Waals surface area contributed by atoms with E-state index in [2.05, 4.69) is 0 Å². The zero-order valence-corrected chi connectivity index (χ0v) is 11.5. The molecule has 0 saturated carbocycles. The maximum atomic E-state index is 9.37. The molecule has 56 valence electrons. The topological polar surface area (TPSA) is 100 Å². The van der Waals surface area contributed by atoms with E-state index in [1.165, 1.54) is 0 Å². The van der Waals surface area contributed by atoms with Crippen molar-refractivity contribution in [2.24, 2.45) is 0 Å². The Balaban J connectivity index is -0.0000000383. The Labute approximate surface area is 112 Å². The van der Waals surface area contributed by atoms with Gasteiger partial charge in [-0.15, -0.1) is 11.4 Å². The van der Waals surface area contributed by atoms with Crippen LogP contribution < -0.4 is 59.1 Å². The molecule has 0 aliphatic rings. The SMILES string of the molecule is CCC(=O)O.O=S([O-])[O-].[Na+].[Na+]. The summed E-state index contributed by atoms with van der Waals surface area (Å²) >= 11 is -3.11. The molecule has 0 rings (SSSR count). The maximum absolute atomic E-state index is 9.37. The van der Waals surface area contributed by atoms with Crippen molar-refractivity contribution in [3.63, 3.8) is 0 Å². The molecule has 0 aliphatic heterocycles. The van der Waals surface area contributed by atoms with Crippen LogP contribution in [0.1, 0.15) is 13.3 Å². The zero-order valence-electron chi connectivity index (χ0n) is 6.70. The molecule has 0 amide bonds. The summed E-state index contributed by atoms with van der Waals surface area (Å²) in [5.74, 6) is -0.745. The van der Waals surface area contributed by atoms with Crippen molar-refractivity contribution in [1.82, 2.24) is 0 Å². The van der Waals surface area contributed by atoms with E-state index in [4.69, 9.17) is 18.4 Å². The molecule has 0 aliphatic carbocycles. The van der Waals surface area contributed by atoms with Crippen LogP contribution in [0.25, 0.3) is 0 Å². The van der Waals surface area contributed by atoms with Crippen LogP contribution in [0.4, 0.5) is 0 Å². The fraction of sp³-hybridized carbons (Fsp3) is 0.667. The third-order valence-electron chi connectivity index (χ3n) is 0.302. The zero-order chi connectivity index (χ0) is 7.86. The molecule has 0 atom stereocenters. The maximum Gasteiger partial charge on any atom is 1.00 e. The third-order valence-corrected chi connectivity index (χ3v) is 0.302. The van der Waals surface area contributed by atoms with Crippen LogP contribution in [0, 0.1) is 0 Å². The van der Waals surface area contributed by atoms with E-state index in [-0.39, 0.29) is 65.5 Å². The van der Waals surface area contributed by atoms with Crippen molar-refractivity contribution in [1.29, 1.82) is 0 Å². The molecular formula is C3H6Na2O5S. The Morgan fingerprint density at radius 3 is 1.55 bits per heavy atom. The van der Waals surface area contributed by atoms with E-state index < -0.39 is 17.3 Å². The van der Waals surface area contributed by atoms with Crippen molar-refractivity contribution in [2.45, 2.75) is 13.3 Å². The molecule has 0 bridgehead atoms. The number of hydrogen-bond acceptors (Lipinski definition) is 4. The fourth-order valence-electron chi connectivity index (χ4n) is 0. The summed E-state index contributed by atoms with van der Waals surface area (Å²) in [7, 11) is 0. The average Bonchev–Trinajstić information content (AvgIpc) is 1.65. The second-order valence-corrected chi connectivity index (χ2v) is 1.36. The molecule has 5 nitrogen and oxygen atoms in total. The van der Waals surface area contributed by atoms with E-state index in [0.29, 0.717) is 0 Å². The third kappa shape index (κ3) is 83.8. The van der Waals surface area contributed by atoms with Crippen molar-refractivity contribution in [2.75, 3.05) is 0 Å². The monoisotopic (exact) mass is 200 g/mol. The molecule has 0 unspecified atom stereocenters. The van der Waals surface area contributed by atoms with E-state index in [1.54, 1.807) is 6.92 Å². The van der Waals surface area contributed by atoms with Crippen LogP contribution in [0.3, 0.4) is 0 Å². The van der Waals surface area contributed by atoms with Gasteiger partial charge in [0.05, 0.1) is 0 Å². The predicted octanol–water partition coefficient (Wildman–Crippen LogP) is -6.52. The molecule has 0 saturated heterocycles. The second kappa shape index (κ2) is 17.6. The first-order valence-corrected chi connectivity index (χ1v) is 2.99. The summed E-state index contributed by atoms with van der Waals surface area (Å²) in [5.41, 5.74) is 0. The smallest absolute Gasteiger partial charge is 0.784 e. The summed E-state index contributed by atoms with van der Waals surface area (Å²) in [6, 6.07) is 0. The van der Waals surface area contributed by atoms with E-state index in [0.717, 1.165) is 0 Å². The van der Waals surface area contributed by atoms with Crippen LogP contribution in [0.2, 0.25) is 0 Å². The van der Waals surface area contributed by atoms with Gasteiger partial charge in [-0.2, -0.15) is 0 Å². The second-order valence-electron chi connectivity index (χ2n) is 0.951. The average molecular weight is 200 g/mol. The summed E-state index contributed by atoms with van der Waals surface area (Å²) < 4.78 is 25.3. The van der Waals surface area contributed by atoms with Gasteiger partial charge in [0.1, 0.15) is 0 Å². The summed E-state index contributed by atoms with van der Waals surface area (Å²) in [5, 5.41) is 7.72. The first-order chi connectivity index (χ1) is 4.00. The van der Waals surface area contributed by atoms with Gasteiger partial charge in [0.25, 0.3) is 0 Å². The standard InChI is InChI=1S/C3H6O2.2Na.H2O3S/c1-2-3(4)5;;;1-4(2)3/h2H2,1H3,(H,4,5);;;(H2,1,2,3)/q;2*+1;/p-2. The summed E-state index contributed by atoms with van der Waals surface area (Å²) in [4.78, 5) is 9.37. The quantitative estimate of drug-likeness (QED) is 0.335. The van der Waals surface area contributed by atoms with Gasteiger partial charge in [0.15, 0.2) is 0 Å². The molecule has 0 radical (unpaired) electrons. The Morgan fingerprint density at radius 1 is 1.45 bits per heavy atom. The predicted molar refractivity (Wildman–Crippen MR) is 27.6 cm³/mol. The molecule has 1 N–H and O–H groups in total. The largest absolute Gasteiger partial charge is 1.00 e. The van der Waals surface area contributed by atoms with E-state index in [9.17, 15) is 4.79 Å². The molecule has 0 heterocycles. The van der Waals surface area contributed by atoms with Crippen LogP contribution in [0.5, 0.6) is 0 Å². The van der Waals surface area contributed by atoms with Gasteiger partial charge in [-0.25, -0.2) is 0 Å². The Kier molecular flexibility index (Phi) is 36.6. The minimum Gasteiger partial charge on any atom is -0.784 e. The summed E-state index contributed by atoms with van der Waals surface area (Å²) in [6.45, 7) is 1.60. The van der Waals surface area contributed by atoms with Gasteiger partial charge in [-0.1, -0.05) is 6.92 Å². The minimum atomic E-state index is -3.11. The first-order valence-electron chi connectivity index (χ1n) is 1.99. The number of aliphatic carboxylic acids is 1. The first kappa shape index (κ1) is 22.9. The van der Waals surface area contributed by atoms with Crippen LogP contribution in [0.15, 0.2) is 0 Å². The molecule has 0 fully saturated rings. The number of hydrogen-bond donors (Lipinski definition) is 1. The number of carbonyl (C=O) groups is 1. The molecule has 8 heteroatoms. The molecule has 0 aromatic rings. The fourth-order valence-corrected chi connectivity index (χ4v) is 0. The van der Waals surface area contributed by atoms with Gasteiger partial charge in [0, 0.05) is 6.42 Å². The van der Waals surface area contributed by atoms with Crippen LogP contribution in [-0.2, 0) is 16.2 Å². The van der Waals surface area contributed by atoms with Crippen molar-refractivity contribution in [3.05, 3.63) is 0 Å². The Bertz CT molecular complexity index is 104. The molecule has 0 spiro atoms. The summed E-state index contributed by atoms with van der Waals surface area (Å²) in [6.07, 6.45) is 0.222. The molecule has 11 heavy (non-hydrogen) atoms. The van der Waals surface area contributed by atoms with Crippen molar-refractivity contribution in [3.8, 4) is 0 Å². The number of rotatable bonds is 1. The van der Waals surface area contributed by atoms with Gasteiger partial charge >= 0.3 is 65.1 Å². The number of carboxylic acid groups (broad SMARTS) is 1. The van der Waals surface area contributed by atoms with Crippen LogP contribution >= 0.6 is 0 Å². The minimum absolute atomic E-state index is 0. The Morgan fingerprint density at radius 2 is 1.55 bits per heavy atom. The van der Waals surface area contributed by atoms with E-state index >= 15 is 0 Å². The van der Waals surface area contributed by atoms with Gasteiger partial charge in [0.2, 0.25) is 0 Å². The van der Waals surface area contributed by atoms with Crippen molar-refractivity contribution >= 4 is 17.3 Å². The normalized spacial score (nSPS) is 6.55. The van der Waals surface area contributed by atoms with Crippen LogP contribution in [-0.4, -0.2) is 24.4 Å². The number of carboxylic acids is 1. The van der Waals surface area contributed by atoms with Crippen molar-refractivity contribution < 1.29 is 82.3 Å². The molecule has 0 aromatic heterocycles. The van der Waals surface area contributed by atoms with Gasteiger partial charge in [-0.05, 0) is 0 Å². The Hall–Kier alpha value is 1.54. The van der Waals surface area contributed by atoms with E-state index in [1.807, 2.05) is 0 Å². The van der Waals surface area contributed by atoms with Gasteiger partial charge in [-0.3, -0.25) is 9.00 Å². The van der Waals surface area contributed by atoms with Gasteiger partial charge < -0.3 is 14.2 Å². The molecule has 0 aromatic carbocycles.